The number of aliphatic hydroxyl groups excluding tert-OH is 1. The lowest BCUT2D eigenvalue weighted by Gasteiger charge is -2.36. The van der Waals surface area contributed by atoms with E-state index in [1.54, 1.807) is 18.3 Å². The Morgan fingerprint density at radius 1 is 1.43 bits per heavy atom. The highest BCUT2D eigenvalue weighted by Crippen LogP contribution is 2.18. The van der Waals surface area contributed by atoms with Gasteiger partial charge in [0, 0.05) is 38.9 Å². The summed E-state index contributed by atoms with van der Waals surface area (Å²) in [5.74, 6) is 0.770. The molecule has 0 amide bonds. The molecular formula is C16H22N4O. The maximum absolute atomic E-state index is 9.94. The molecule has 1 aliphatic heterocycles. The molecule has 1 N–H and O–H groups in total. The molecule has 0 aliphatic carbocycles. The van der Waals surface area contributed by atoms with E-state index in [2.05, 4.69) is 27.4 Å². The van der Waals surface area contributed by atoms with Crippen molar-refractivity contribution < 1.29 is 5.11 Å². The number of nitriles is 1. The van der Waals surface area contributed by atoms with Crippen LogP contribution in [0.3, 0.4) is 0 Å². The molecule has 0 aromatic carbocycles. The Morgan fingerprint density at radius 3 is 2.86 bits per heavy atom. The fraction of sp³-hybridized carbons (Fsp3) is 0.500. The SMILES string of the molecule is C=CCCC(O)CN1CCN(c2ncccc2C#N)CC1. The van der Waals surface area contributed by atoms with E-state index in [0.717, 1.165) is 44.8 Å². The van der Waals surface area contributed by atoms with Gasteiger partial charge in [-0.1, -0.05) is 6.08 Å². The van der Waals surface area contributed by atoms with Gasteiger partial charge in [0.2, 0.25) is 0 Å². The maximum atomic E-state index is 9.94. The zero-order valence-electron chi connectivity index (χ0n) is 12.3. The van der Waals surface area contributed by atoms with Crippen molar-refractivity contribution in [3.63, 3.8) is 0 Å². The summed E-state index contributed by atoms with van der Waals surface area (Å²) in [5.41, 5.74) is 0.622. The molecule has 0 radical (unpaired) electrons. The summed E-state index contributed by atoms with van der Waals surface area (Å²) >= 11 is 0. The third-order valence-electron chi connectivity index (χ3n) is 3.75. The van der Waals surface area contributed by atoms with E-state index in [-0.39, 0.29) is 6.10 Å². The number of pyridine rings is 1. The van der Waals surface area contributed by atoms with Crippen LogP contribution in [0.5, 0.6) is 0 Å². The van der Waals surface area contributed by atoms with Crippen LogP contribution in [0.1, 0.15) is 18.4 Å². The first-order valence-electron chi connectivity index (χ1n) is 7.36. The lowest BCUT2D eigenvalue weighted by molar-refractivity contribution is 0.103. The summed E-state index contributed by atoms with van der Waals surface area (Å²) in [7, 11) is 0. The number of allylic oxidation sites excluding steroid dienone is 1. The molecule has 5 nitrogen and oxygen atoms in total. The highest BCUT2D eigenvalue weighted by atomic mass is 16.3. The number of anilines is 1. The molecule has 2 rings (SSSR count). The molecule has 0 bridgehead atoms. The van der Waals surface area contributed by atoms with Crippen LogP contribution in [0.25, 0.3) is 0 Å². The number of rotatable bonds is 6. The molecule has 2 heterocycles. The average Bonchev–Trinajstić information content (AvgIpc) is 2.53. The van der Waals surface area contributed by atoms with E-state index in [4.69, 9.17) is 5.26 Å². The predicted octanol–water partition coefficient (Wildman–Crippen LogP) is 1.40. The normalized spacial score (nSPS) is 17.2. The molecule has 112 valence electrons. The second kappa shape index (κ2) is 7.77. The van der Waals surface area contributed by atoms with Crippen molar-refractivity contribution in [2.75, 3.05) is 37.6 Å². The van der Waals surface area contributed by atoms with E-state index in [1.807, 2.05) is 6.08 Å². The van der Waals surface area contributed by atoms with Crippen LogP contribution in [-0.2, 0) is 0 Å². The highest BCUT2D eigenvalue weighted by Gasteiger charge is 2.21. The summed E-state index contributed by atoms with van der Waals surface area (Å²) in [6.07, 6.45) is 4.88. The largest absolute Gasteiger partial charge is 0.392 e. The topological polar surface area (TPSA) is 63.4 Å². The fourth-order valence-electron chi connectivity index (χ4n) is 2.58. The molecule has 21 heavy (non-hydrogen) atoms. The number of β-amino-alcohol motifs (C(OH)–C–C–N with tert-alkyl or cyclic N) is 1. The maximum Gasteiger partial charge on any atom is 0.146 e. The molecule has 1 unspecified atom stereocenters. The molecule has 1 atom stereocenters. The number of nitrogens with zero attached hydrogens (tertiary/aromatic N) is 4. The molecule has 0 saturated carbocycles. The summed E-state index contributed by atoms with van der Waals surface area (Å²) < 4.78 is 0. The summed E-state index contributed by atoms with van der Waals surface area (Å²) in [6, 6.07) is 5.78. The number of hydrogen-bond acceptors (Lipinski definition) is 5. The summed E-state index contributed by atoms with van der Waals surface area (Å²) in [6.45, 7) is 7.81. The first-order valence-corrected chi connectivity index (χ1v) is 7.36. The molecule has 1 aromatic heterocycles. The molecule has 5 heteroatoms. The molecule has 1 aromatic rings. The summed E-state index contributed by atoms with van der Waals surface area (Å²) in [5, 5.41) is 19.1. The number of aliphatic hydroxyl groups is 1. The quantitative estimate of drug-likeness (QED) is 0.801. The van der Waals surface area contributed by atoms with Crippen LogP contribution < -0.4 is 4.90 Å². The molecular weight excluding hydrogens is 264 g/mol. The Kier molecular flexibility index (Phi) is 5.73. The van der Waals surface area contributed by atoms with E-state index < -0.39 is 0 Å². The first-order chi connectivity index (χ1) is 10.2. The second-order valence-corrected chi connectivity index (χ2v) is 5.29. The van der Waals surface area contributed by atoms with Crippen LogP contribution in [-0.4, -0.2) is 53.8 Å². The minimum absolute atomic E-state index is 0.293. The number of hydrogen-bond donors (Lipinski definition) is 1. The van der Waals surface area contributed by atoms with Crippen molar-refractivity contribution in [2.24, 2.45) is 0 Å². The predicted molar refractivity (Wildman–Crippen MR) is 83.0 cm³/mol. The second-order valence-electron chi connectivity index (χ2n) is 5.29. The lowest BCUT2D eigenvalue weighted by Crippen LogP contribution is -2.49. The van der Waals surface area contributed by atoms with Crippen molar-refractivity contribution >= 4 is 5.82 Å². The third-order valence-corrected chi connectivity index (χ3v) is 3.75. The van der Waals surface area contributed by atoms with Gasteiger partial charge in [0.15, 0.2) is 0 Å². The Labute approximate surface area is 126 Å². The van der Waals surface area contributed by atoms with Crippen LogP contribution in [0.15, 0.2) is 31.0 Å². The van der Waals surface area contributed by atoms with Crippen molar-refractivity contribution in [1.82, 2.24) is 9.88 Å². The third kappa shape index (κ3) is 4.28. The smallest absolute Gasteiger partial charge is 0.146 e. The molecule has 0 spiro atoms. The number of piperazine rings is 1. The van der Waals surface area contributed by atoms with E-state index >= 15 is 0 Å². The van der Waals surface area contributed by atoms with Gasteiger partial charge in [0.25, 0.3) is 0 Å². The van der Waals surface area contributed by atoms with Crippen LogP contribution in [0.4, 0.5) is 5.82 Å². The van der Waals surface area contributed by atoms with Crippen LogP contribution in [0.2, 0.25) is 0 Å². The van der Waals surface area contributed by atoms with Gasteiger partial charge >= 0.3 is 0 Å². The zero-order valence-corrected chi connectivity index (χ0v) is 12.3. The van der Waals surface area contributed by atoms with Gasteiger partial charge in [0.1, 0.15) is 11.9 Å². The number of aromatic nitrogens is 1. The zero-order chi connectivity index (χ0) is 15.1. The first kappa shape index (κ1) is 15.5. The molecule has 1 aliphatic rings. The van der Waals surface area contributed by atoms with E-state index in [9.17, 15) is 5.11 Å². The Morgan fingerprint density at radius 2 is 2.19 bits per heavy atom. The van der Waals surface area contributed by atoms with Gasteiger partial charge < -0.3 is 10.0 Å². The minimum atomic E-state index is -0.293. The van der Waals surface area contributed by atoms with Crippen molar-refractivity contribution in [3.8, 4) is 6.07 Å². The van der Waals surface area contributed by atoms with Crippen molar-refractivity contribution in [3.05, 3.63) is 36.5 Å². The lowest BCUT2D eigenvalue weighted by atomic mass is 10.1. The van der Waals surface area contributed by atoms with Crippen LogP contribution in [0, 0.1) is 11.3 Å². The van der Waals surface area contributed by atoms with Gasteiger partial charge in [-0.25, -0.2) is 4.98 Å². The van der Waals surface area contributed by atoms with Crippen LogP contribution >= 0.6 is 0 Å². The standard InChI is InChI=1S/C16H22N4O/c1-2-3-6-15(21)13-19-8-10-20(11-9-19)16-14(12-17)5-4-7-18-16/h2,4-5,7,15,21H,1,3,6,8-11,13H2. The van der Waals surface area contributed by atoms with Gasteiger partial charge in [-0.15, -0.1) is 6.58 Å². The average molecular weight is 286 g/mol. The summed E-state index contributed by atoms with van der Waals surface area (Å²) in [4.78, 5) is 8.73. The molecule has 1 fully saturated rings. The van der Waals surface area contributed by atoms with Gasteiger partial charge in [-0.3, -0.25) is 4.90 Å². The van der Waals surface area contributed by atoms with Gasteiger partial charge in [-0.2, -0.15) is 5.26 Å². The van der Waals surface area contributed by atoms with Gasteiger partial charge in [-0.05, 0) is 25.0 Å². The fourth-order valence-corrected chi connectivity index (χ4v) is 2.58. The minimum Gasteiger partial charge on any atom is -0.392 e. The van der Waals surface area contributed by atoms with Gasteiger partial charge in [0.05, 0.1) is 11.7 Å². The Hall–Kier alpha value is -1.90. The van der Waals surface area contributed by atoms with E-state index in [1.165, 1.54) is 0 Å². The Bertz CT molecular complexity index is 503. The molecule has 1 saturated heterocycles. The van der Waals surface area contributed by atoms with E-state index in [0.29, 0.717) is 12.1 Å². The highest BCUT2D eigenvalue weighted by molar-refractivity contribution is 5.53. The monoisotopic (exact) mass is 286 g/mol. The van der Waals surface area contributed by atoms with Crippen molar-refractivity contribution in [2.45, 2.75) is 18.9 Å². The Balaban J connectivity index is 1.86. The van der Waals surface area contributed by atoms with Crippen molar-refractivity contribution in [1.29, 1.82) is 5.26 Å².